The maximum Gasteiger partial charge on any atom is 0.287 e. The zero-order valence-corrected chi connectivity index (χ0v) is 17.9. The van der Waals surface area contributed by atoms with Gasteiger partial charge in [-0.05, 0) is 36.2 Å². The van der Waals surface area contributed by atoms with Gasteiger partial charge in [0, 0.05) is 42.6 Å². The fraction of sp³-hybridized carbons (Fsp3) is 0.217. The summed E-state index contributed by atoms with van der Waals surface area (Å²) < 4.78 is 1.82. The van der Waals surface area contributed by atoms with Crippen molar-refractivity contribution in [3.05, 3.63) is 89.5 Å². The number of nitrogens with one attached hydrogen (secondary N) is 2. The quantitative estimate of drug-likeness (QED) is 0.501. The van der Waals surface area contributed by atoms with E-state index in [1.54, 1.807) is 29.7 Å². The van der Waals surface area contributed by atoms with E-state index in [1.165, 1.54) is 6.20 Å². The Bertz CT molecular complexity index is 1270. The van der Waals surface area contributed by atoms with Gasteiger partial charge >= 0.3 is 0 Å². The van der Waals surface area contributed by atoms with Crippen molar-refractivity contribution in [3.8, 4) is 0 Å². The van der Waals surface area contributed by atoms with E-state index < -0.39 is 0 Å². The van der Waals surface area contributed by atoms with Gasteiger partial charge in [-0.25, -0.2) is 9.97 Å². The van der Waals surface area contributed by atoms with Crippen molar-refractivity contribution in [3.63, 3.8) is 0 Å². The Morgan fingerprint density at radius 1 is 1.22 bits per heavy atom. The number of pyridine rings is 1. The summed E-state index contributed by atoms with van der Waals surface area (Å²) in [5, 5.41) is 3.71. The van der Waals surface area contributed by atoms with Crippen molar-refractivity contribution < 1.29 is 9.59 Å². The first kappa shape index (κ1) is 20.3. The van der Waals surface area contributed by atoms with Crippen molar-refractivity contribution in [2.45, 2.75) is 18.4 Å². The molecule has 4 aromatic rings. The summed E-state index contributed by atoms with van der Waals surface area (Å²) in [6.07, 6.45) is 9.04. The number of halogens is 1. The summed E-state index contributed by atoms with van der Waals surface area (Å²) in [6, 6.07) is 11.0. The van der Waals surface area contributed by atoms with Crippen LogP contribution in [0.3, 0.4) is 0 Å². The number of hydrogen-bond acceptors (Lipinski definition) is 4. The largest absolute Gasteiger partial charge is 0.344 e. The Morgan fingerprint density at radius 2 is 2.12 bits per heavy atom. The standard InChI is InChI=1S/C23H21ClN6O2/c24-16-4-1-3-15(11-16)17-6-10-29(13-19(17)28-22(31)21-26-7-8-27-21)23(32)18-5-2-9-30-14-25-12-20(18)30/h1-5,7-9,11-12,14,17,19H,6,10,13H2,(H,26,27)(H,28,31)/t17-,19+/m0/s1. The summed E-state index contributed by atoms with van der Waals surface area (Å²) in [7, 11) is 0. The fourth-order valence-corrected chi connectivity index (χ4v) is 4.54. The van der Waals surface area contributed by atoms with E-state index in [4.69, 9.17) is 11.6 Å². The van der Waals surface area contributed by atoms with E-state index >= 15 is 0 Å². The van der Waals surface area contributed by atoms with Crippen LogP contribution in [0.4, 0.5) is 0 Å². The van der Waals surface area contributed by atoms with E-state index in [0.29, 0.717) is 30.1 Å². The summed E-state index contributed by atoms with van der Waals surface area (Å²) in [4.78, 5) is 39.0. The first-order chi connectivity index (χ1) is 15.6. The molecule has 2 atom stereocenters. The highest BCUT2D eigenvalue weighted by Crippen LogP contribution is 2.31. The molecule has 0 spiro atoms. The highest BCUT2D eigenvalue weighted by molar-refractivity contribution is 6.30. The molecule has 1 aliphatic heterocycles. The van der Waals surface area contributed by atoms with Crippen LogP contribution in [0.15, 0.2) is 67.5 Å². The van der Waals surface area contributed by atoms with Crippen LogP contribution in [0.25, 0.3) is 5.52 Å². The van der Waals surface area contributed by atoms with Crippen LogP contribution in [-0.4, -0.2) is 55.2 Å². The van der Waals surface area contributed by atoms with Crippen molar-refractivity contribution in [2.24, 2.45) is 0 Å². The Morgan fingerprint density at radius 3 is 2.94 bits per heavy atom. The Balaban J connectivity index is 1.43. The molecule has 1 fully saturated rings. The molecular formula is C23H21ClN6O2. The summed E-state index contributed by atoms with van der Waals surface area (Å²) in [6.45, 7) is 0.940. The van der Waals surface area contributed by atoms with Gasteiger partial charge in [-0.2, -0.15) is 0 Å². The second-order valence-electron chi connectivity index (χ2n) is 7.83. The first-order valence-electron chi connectivity index (χ1n) is 10.4. The number of aromatic amines is 1. The van der Waals surface area contributed by atoms with Crippen molar-refractivity contribution >= 4 is 28.9 Å². The number of amides is 2. The summed E-state index contributed by atoms with van der Waals surface area (Å²) in [5.74, 6) is -0.137. The lowest BCUT2D eigenvalue weighted by molar-refractivity contribution is 0.0655. The average molecular weight is 449 g/mol. The molecule has 2 N–H and O–H groups in total. The number of H-pyrrole nitrogens is 1. The normalized spacial score (nSPS) is 18.6. The molecule has 5 rings (SSSR count). The van der Waals surface area contributed by atoms with Gasteiger partial charge in [0.2, 0.25) is 0 Å². The lowest BCUT2D eigenvalue weighted by atomic mass is 9.85. The molecule has 1 aliphatic rings. The second-order valence-corrected chi connectivity index (χ2v) is 8.26. The molecule has 0 aliphatic carbocycles. The van der Waals surface area contributed by atoms with Crippen LogP contribution in [0, 0.1) is 0 Å². The molecule has 1 saturated heterocycles. The third-order valence-corrected chi connectivity index (χ3v) is 6.12. The predicted octanol–water partition coefficient (Wildman–Crippen LogP) is 3.14. The lowest BCUT2D eigenvalue weighted by Crippen LogP contribution is -2.53. The van der Waals surface area contributed by atoms with Crippen molar-refractivity contribution in [1.29, 1.82) is 0 Å². The van der Waals surface area contributed by atoms with E-state index in [9.17, 15) is 9.59 Å². The molecule has 9 heteroatoms. The molecular weight excluding hydrogens is 428 g/mol. The third-order valence-electron chi connectivity index (χ3n) is 5.89. The van der Waals surface area contributed by atoms with Crippen LogP contribution >= 0.6 is 11.6 Å². The lowest BCUT2D eigenvalue weighted by Gasteiger charge is -2.39. The van der Waals surface area contributed by atoms with Crippen LogP contribution in [0.5, 0.6) is 0 Å². The molecule has 3 aromatic heterocycles. The number of fused-ring (bicyclic) bond motifs is 1. The topological polar surface area (TPSA) is 95.4 Å². The Kier molecular flexibility index (Phi) is 5.36. The van der Waals surface area contributed by atoms with Crippen LogP contribution in [-0.2, 0) is 0 Å². The van der Waals surface area contributed by atoms with Crippen molar-refractivity contribution in [1.82, 2.24) is 29.6 Å². The van der Waals surface area contributed by atoms with Crippen LogP contribution < -0.4 is 5.32 Å². The minimum atomic E-state index is -0.306. The van der Waals surface area contributed by atoms with Gasteiger partial charge in [-0.1, -0.05) is 23.7 Å². The second kappa shape index (κ2) is 8.47. The number of carbonyl (C=O) groups is 2. The van der Waals surface area contributed by atoms with Crippen molar-refractivity contribution in [2.75, 3.05) is 13.1 Å². The van der Waals surface area contributed by atoms with Gasteiger partial charge in [-0.3, -0.25) is 9.59 Å². The fourth-order valence-electron chi connectivity index (χ4n) is 4.35. The zero-order chi connectivity index (χ0) is 22.1. The molecule has 162 valence electrons. The molecule has 4 heterocycles. The van der Waals surface area contributed by atoms with E-state index in [-0.39, 0.29) is 29.6 Å². The number of hydrogen-bond donors (Lipinski definition) is 2. The molecule has 0 saturated carbocycles. The van der Waals surface area contributed by atoms with Crippen LogP contribution in [0.2, 0.25) is 5.02 Å². The zero-order valence-electron chi connectivity index (χ0n) is 17.1. The smallest absolute Gasteiger partial charge is 0.287 e. The number of aromatic nitrogens is 4. The molecule has 0 radical (unpaired) electrons. The highest BCUT2D eigenvalue weighted by Gasteiger charge is 2.34. The number of piperidine rings is 1. The number of carbonyl (C=O) groups excluding carboxylic acids is 2. The van der Waals surface area contributed by atoms with Crippen LogP contribution in [0.1, 0.15) is 38.9 Å². The van der Waals surface area contributed by atoms with E-state index in [0.717, 1.165) is 11.1 Å². The van der Waals surface area contributed by atoms with Gasteiger partial charge in [0.25, 0.3) is 11.8 Å². The molecule has 0 unspecified atom stereocenters. The van der Waals surface area contributed by atoms with Gasteiger partial charge in [0.05, 0.1) is 29.6 Å². The number of rotatable bonds is 4. The number of nitrogens with zero attached hydrogens (tertiary/aromatic N) is 4. The van der Waals surface area contributed by atoms with Gasteiger partial charge in [0.15, 0.2) is 5.82 Å². The highest BCUT2D eigenvalue weighted by atomic mass is 35.5. The molecule has 1 aromatic carbocycles. The third kappa shape index (κ3) is 3.85. The average Bonchev–Trinajstić information content (AvgIpc) is 3.50. The SMILES string of the molecule is O=C(N[C@@H]1CN(C(=O)c2cccn3cncc23)CC[C@H]1c1cccc(Cl)c1)c1ncc[nH]1. The molecule has 2 amide bonds. The Labute approximate surface area is 189 Å². The monoisotopic (exact) mass is 448 g/mol. The number of likely N-dealkylation sites (tertiary alicyclic amines) is 1. The maximum absolute atomic E-state index is 13.4. The molecule has 0 bridgehead atoms. The minimum Gasteiger partial charge on any atom is -0.344 e. The summed E-state index contributed by atoms with van der Waals surface area (Å²) >= 11 is 6.23. The molecule has 32 heavy (non-hydrogen) atoms. The minimum absolute atomic E-state index is 0.0161. The van der Waals surface area contributed by atoms with Gasteiger partial charge < -0.3 is 19.6 Å². The maximum atomic E-state index is 13.4. The van der Waals surface area contributed by atoms with E-state index in [1.807, 2.05) is 40.9 Å². The predicted molar refractivity (Wildman–Crippen MR) is 120 cm³/mol. The Hall–Kier alpha value is -3.65. The summed E-state index contributed by atoms with van der Waals surface area (Å²) in [5.41, 5.74) is 2.38. The molecule has 8 nitrogen and oxygen atoms in total. The van der Waals surface area contributed by atoms with Gasteiger partial charge in [0.1, 0.15) is 0 Å². The number of benzene rings is 1. The van der Waals surface area contributed by atoms with Gasteiger partial charge in [-0.15, -0.1) is 0 Å². The number of imidazole rings is 2. The first-order valence-corrected chi connectivity index (χ1v) is 10.7. The van der Waals surface area contributed by atoms with E-state index in [2.05, 4.69) is 20.3 Å².